The van der Waals surface area contributed by atoms with Gasteiger partial charge in [-0.05, 0) is 34.4 Å². The lowest BCUT2D eigenvalue weighted by atomic mass is 10.1. The Morgan fingerprint density at radius 3 is 2.47 bits per heavy atom. The maximum absolute atomic E-state index is 12.0. The summed E-state index contributed by atoms with van der Waals surface area (Å²) in [5.74, 6) is 0. The minimum absolute atomic E-state index is 0.00120. The molecule has 3 aromatic carbocycles. The first kappa shape index (κ1) is 10.3. The van der Waals surface area contributed by atoms with Crippen LogP contribution in [-0.4, -0.2) is 0 Å². The van der Waals surface area contributed by atoms with Gasteiger partial charge in [-0.2, -0.15) is 0 Å². The first-order valence-corrected chi connectivity index (χ1v) is 5.75. The number of rotatable bonds is 0. The second-order valence-electron chi connectivity index (χ2n) is 3.97. The molecule has 0 radical (unpaired) electrons. The monoisotopic (exact) mass is 240 g/mol. The number of halogens is 1. The molecule has 17 heavy (non-hydrogen) atoms. The zero-order valence-corrected chi connectivity index (χ0v) is 9.74. The summed E-state index contributed by atoms with van der Waals surface area (Å²) < 4.78 is 0. The Morgan fingerprint density at radius 2 is 1.59 bits per heavy atom. The van der Waals surface area contributed by atoms with Crippen molar-refractivity contribution in [2.24, 2.45) is 0 Å². The van der Waals surface area contributed by atoms with E-state index in [0.717, 1.165) is 16.2 Å². The Bertz CT molecular complexity index is 778. The van der Waals surface area contributed by atoms with Crippen LogP contribution in [0.15, 0.2) is 59.4 Å². The molecule has 82 valence electrons. The van der Waals surface area contributed by atoms with E-state index in [1.807, 2.05) is 42.5 Å². The third-order valence-electron chi connectivity index (χ3n) is 2.91. The first-order valence-electron chi connectivity index (χ1n) is 5.37. The van der Waals surface area contributed by atoms with Crippen molar-refractivity contribution < 1.29 is 0 Å². The lowest BCUT2D eigenvalue weighted by Crippen LogP contribution is -1.93. The predicted octanol–water partition coefficient (Wildman–Crippen LogP) is 4.01. The zero-order chi connectivity index (χ0) is 11.8. The molecule has 0 amide bonds. The standard InChI is InChI=1S/C15H9ClO/c16-11-6-7-13-12-4-2-1-3-10(12)5-8-15(17)14(13)9-11/h1-9H. The van der Waals surface area contributed by atoms with Crippen LogP contribution in [0.1, 0.15) is 0 Å². The molecule has 0 spiro atoms. The highest BCUT2D eigenvalue weighted by molar-refractivity contribution is 6.31. The molecular weight excluding hydrogens is 232 g/mol. The maximum Gasteiger partial charge on any atom is 0.186 e. The fraction of sp³-hybridized carbons (Fsp3) is 0. The Labute approximate surface area is 103 Å². The van der Waals surface area contributed by atoms with Crippen LogP contribution < -0.4 is 5.43 Å². The summed E-state index contributed by atoms with van der Waals surface area (Å²) in [6.45, 7) is 0. The zero-order valence-electron chi connectivity index (χ0n) is 8.98. The Hall–Kier alpha value is -1.86. The summed E-state index contributed by atoms with van der Waals surface area (Å²) in [6.07, 6.45) is 0. The van der Waals surface area contributed by atoms with Gasteiger partial charge < -0.3 is 0 Å². The van der Waals surface area contributed by atoms with E-state index in [9.17, 15) is 4.79 Å². The molecule has 3 rings (SSSR count). The van der Waals surface area contributed by atoms with Gasteiger partial charge in [-0.1, -0.05) is 48.0 Å². The summed E-state index contributed by atoms with van der Waals surface area (Å²) in [5.41, 5.74) is -0.00120. The van der Waals surface area contributed by atoms with Crippen molar-refractivity contribution in [2.75, 3.05) is 0 Å². The number of benzene rings is 2. The van der Waals surface area contributed by atoms with Gasteiger partial charge in [0.1, 0.15) is 0 Å². The van der Waals surface area contributed by atoms with Crippen molar-refractivity contribution in [3.63, 3.8) is 0 Å². The van der Waals surface area contributed by atoms with Crippen LogP contribution in [-0.2, 0) is 0 Å². The van der Waals surface area contributed by atoms with E-state index in [-0.39, 0.29) is 5.43 Å². The average molecular weight is 241 g/mol. The highest BCUT2D eigenvalue weighted by Crippen LogP contribution is 2.23. The number of fused-ring (bicyclic) bond motifs is 3. The first-order chi connectivity index (χ1) is 8.25. The molecule has 0 heterocycles. The minimum Gasteiger partial charge on any atom is -0.289 e. The SMILES string of the molecule is O=c1ccc2ccccc2c2ccc(Cl)cc12. The normalized spacial score (nSPS) is 10.9. The fourth-order valence-corrected chi connectivity index (χ4v) is 2.27. The van der Waals surface area contributed by atoms with Gasteiger partial charge >= 0.3 is 0 Å². The van der Waals surface area contributed by atoms with E-state index in [4.69, 9.17) is 11.6 Å². The van der Waals surface area contributed by atoms with Gasteiger partial charge in [0, 0.05) is 10.4 Å². The van der Waals surface area contributed by atoms with Crippen LogP contribution in [0.4, 0.5) is 0 Å². The van der Waals surface area contributed by atoms with Crippen molar-refractivity contribution in [3.8, 4) is 0 Å². The van der Waals surface area contributed by atoms with Crippen LogP contribution >= 0.6 is 11.6 Å². The van der Waals surface area contributed by atoms with Crippen LogP contribution in [0.2, 0.25) is 5.02 Å². The van der Waals surface area contributed by atoms with Gasteiger partial charge in [0.05, 0.1) is 0 Å². The minimum atomic E-state index is -0.00120. The van der Waals surface area contributed by atoms with Gasteiger partial charge in [0.2, 0.25) is 0 Å². The largest absolute Gasteiger partial charge is 0.289 e. The molecule has 0 saturated heterocycles. The van der Waals surface area contributed by atoms with E-state index in [1.165, 1.54) is 0 Å². The topological polar surface area (TPSA) is 17.1 Å². The number of hydrogen-bond donors (Lipinski definition) is 0. The van der Waals surface area contributed by atoms with Crippen molar-refractivity contribution >= 4 is 33.1 Å². The van der Waals surface area contributed by atoms with Gasteiger partial charge in [-0.3, -0.25) is 4.79 Å². The highest BCUT2D eigenvalue weighted by atomic mass is 35.5. The summed E-state index contributed by atoms with van der Waals surface area (Å²) in [7, 11) is 0. The molecule has 0 aliphatic carbocycles. The van der Waals surface area contributed by atoms with Crippen LogP contribution in [0.25, 0.3) is 21.5 Å². The fourth-order valence-electron chi connectivity index (χ4n) is 2.10. The smallest absolute Gasteiger partial charge is 0.186 e. The van der Waals surface area contributed by atoms with E-state index in [1.54, 1.807) is 12.1 Å². The van der Waals surface area contributed by atoms with Crippen molar-refractivity contribution in [1.82, 2.24) is 0 Å². The Balaban J connectivity index is 2.69. The molecule has 0 N–H and O–H groups in total. The van der Waals surface area contributed by atoms with Crippen molar-refractivity contribution in [1.29, 1.82) is 0 Å². The highest BCUT2D eigenvalue weighted by Gasteiger charge is 2.02. The Morgan fingerprint density at radius 1 is 0.765 bits per heavy atom. The maximum atomic E-state index is 12.0. The van der Waals surface area contributed by atoms with E-state index >= 15 is 0 Å². The molecule has 0 fully saturated rings. The van der Waals surface area contributed by atoms with Crippen molar-refractivity contribution in [2.45, 2.75) is 0 Å². The Kier molecular flexibility index (Phi) is 2.34. The van der Waals surface area contributed by atoms with E-state index < -0.39 is 0 Å². The third kappa shape index (κ3) is 1.69. The molecule has 0 saturated carbocycles. The molecule has 0 atom stereocenters. The number of hydrogen-bond acceptors (Lipinski definition) is 1. The molecule has 0 aromatic heterocycles. The van der Waals surface area contributed by atoms with Crippen LogP contribution in [0.5, 0.6) is 0 Å². The molecule has 0 aliphatic heterocycles. The second kappa shape index (κ2) is 3.86. The predicted molar refractivity (Wildman–Crippen MR) is 72.7 cm³/mol. The van der Waals surface area contributed by atoms with Crippen molar-refractivity contribution in [3.05, 3.63) is 69.8 Å². The van der Waals surface area contributed by atoms with Gasteiger partial charge in [0.25, 0.3) is 0 Å². The van der Waals surface area contributed by atoms with Crippen LogP contribution in [0.3, 0.4) is 0 Å². The van der Waals surface area contributed by atoms with Gasteiger partial charge in [-0.25, -0.2) is 0 Å². The summed E-state index contributed by atoms with van der Waals surface area (Å²) in [6, 6.07) is 16.9. The van der Waals surface area contributed by atoms with Gasteiger partial charge in [-0.15, -0.1) is 0 Å². The molecule has 2 heteroatoms. The molecule has 1 nitrogen and oxygen atoms in total. The molecule has 0 bridgehead atoms. The summed E-state index contributed by atoms with van der Waals surface area (Å²) >= 11 is 5.95. The average Bonchev–Trinajstić information content (AvgIpc) is 2.48. The lowest BCUT2D eigenvalue weighted by Gasteiger charge is -1.97. The molecule has 3 aromatic rings. The second-order valence-corrected chi connectivity index (χ2v) is 4.41. The quantitative estimate of drug-likeness (QED) is 0.580. The summed E-state index contributed by atoms with van der Waals surface area (Å²) in [4.78, 5) is 12.0. The molecular formula is C15H9ClO. The van der Waals surface area contributed by atoms with E-state index in [2.05, 4.69) is 0 Å². The van der Waals surface area contributed by atoms with Crippen LogP contribution in [0, 0.1) is 0 Å². The van der Waals surface area contributed by atoms with E-state index in [0.29, 0.717) is 10.4 Å². The van der Waals surface area contributed by atoms with Gasteiger partial charge in [0.15, 0.2) is 5.43 Å². The summed E-state index contributed by atoms with van der Waals surface area (Å²) in [5, 5.41) is 4.33. The molecule has 0 unspecified atom stereocenters. The lowest BCUT2D eigenvalue weighted by molar-refractivity contribution is 1.72. The third-order valence-corrected chi connectivity index (χ3v) is 3.15. The molecule has 0 aliphatic rings.